The molecule has 0 aromatic heterocycles. The average Bonchev–Trinajstić information content (AvgIpc) is 2.20. The van der Waals surface area contributed by atoms with Crippen molar-refractivity contribution in [3.63, 3.8) is 0 Å². The van der Waals surface area contributed by atoms with Gasteiger partial charge >= 0.3 is 0 Å². The lowest BCUT2D eigenvalue weighted by Gasteiger charge is -1.95. The van der Waals surface area contributed by atoms with E-state index in [2.05, 4.69) is 34.6 Å². The van der Waals surface area contributed by atoms with Crippen molar-refractivity contribution in [3.05, 3.63) is 33.3 Å². The number of non-ortho nitro benzene ring substituents is 1. The Balaban J connectivity index is 0.000000557. The van der Waals surface area contributed by atoms with Crippen molar-refractivity contribution in [3.8, 4) is 0 Å². The molecule has 0 fully saturated rings. The van der Waals surface area contributed by atoms with Crippen LogP contribution in [0.2, 0.25) is 5.02 Å². The molecule has 0 atom stereocenters. The minimum atomic E-state index is -0.531. The highest BCUT2D eigenvalue weighted by molar-refractivity contribution is 7.86. The van der Waals surface area contributed by atoms with Gasteiger partial charge < -0.3 is 0 Å². The number of rotatable bonds is 2. The van der Waals surface area contributed by atoms with Gasteiger partial charge in [0.25, 0.3) is 5.69 Å². The highest BCUT2D eigenvalue weighted by Gasteiger charge is 2.07. The Labute approximate surface area is 122 Å². The molecule has 0 saturated carbocycles. The predicted octanol–water partition coefficient (Wildman–Crippen LogP) is 4.73. The summed E-state index contributed by atoms with van der Waals surface area (Å²) in [6, 6.07) is 3.93. The zero-order valence-corrected chi connectivity index (χ0v) is 11.8. The summed E-state index contributed by atoms with van der Waals surface area (Å²) >= 11 is 23.6. The van der Waals surface area contributed by atoms with Crippen LogP contribution >= 0.6 is 59.2 Å². The third kappa shape index (κ3) is 7.33. The van der Waals surface area contributed by atoms with E-state index in [9.17, 15) is 10.1 Å². The van der Waals surface area contributed by atoms with E-state index >= 15 is 0 Å². The predicted molar refractivity (Wildman–Crippen MR) is 77.1 cm³/mol. The van der Waals surface area contributed by atoms with Crippen LogP contribution in [0, 0.1) is 10.1 Å². The van der Waals surface area contributed by atoms with Crippen molar-refractivity contribution in [1.82, 2.24) is 0 Å². The first-order valence-corrected chi connectivity index (χ1v) is 5.70. The van der Waals surface area contributed by atoms with Gasteiger partial charge in [0.05, 0.1) is 20.8 Å². The van der Waals surface area contributed by atoms with E-state index in [1.165, 1.54) is 18.2 Å². The summed E-state index contributed by atoms with van der Waals surface area (Å²) in [6.45, 7) is 0. The molecule has 0 bridgehead atoms. The third-order valence-electron chi connectivity index (χ3n) is 1.31. The van der Waals surface area contributed by atoms with Crippen molar-refractivity contribution in [2.24, 2.45) is 4.99 Å². The van der Waals surface area contributed by atoms with Crippen LogP contribution in [0.5, 0.6) is 0 Å². The van der Waals surface area contributed by atoms with Crippen molar-refractivity contribution in [2.45, 2.75) is 0 Å². The molecule has 0 heterocycles. The van der Waals surface area contributed by atoms with Crippen LogP contribution in [0.3, 0.4) is 0 Å². The van der Waals surface area contributed by atoms with E-state index in [1.54, 1.807) is 0 Å². The van der Waals surface area contributed by atoms with Gasteiger partial charge in [-0.25, -0.2) is 0 Å². The van der Waals surface area contributed by atoms with E-state index in [0.29, 0.717) is 5.69 Å². The number of nitro benzene ring substituents is 1. The monoisotopic (exact) mass is 328 g/mol. The SMILES string of the molecule is O=[N+]([O-])c1ccc(N=C=S)c(Cl)c1.S=C(Cl)Cl. The second kappa shape index (κ2) is 8.47. The second-order valence-corrected chi connectivity index (χ2v) is 4.72. The second-order valence-electron chi connectivity index (χ2n) is 2.32. The number of nitro groups is 1. The van der Waals surface area contributed by atoms with Gasteiger partial charge in [-0.1, -0.05) is 47.0 Å². The average molecular weight is 330 g/mol. The molecular weight excluding hydrogens is 327 g/mol. The van der Waals surface area contributed by atoms with Crippen LogP contribution in [0.1, 0.15) is 0 Å². The molecule has 0 saturated heterocycles. The number of benzene rings is 1. The molecule has 0 aliphatic carbocycles. The molecule has 0 unspecified atom stereocenters. The summed E-state index contributed by atoms with van der Waals surface area (Å²) in [4.78, 5) is 13.4. The lowest BCUT2D eigenvalue weighted by Crippen LogP contribution is -1.86. The minimum Gasteiger partial charge on any atom is -0.258 e. The first-order chi connectivity index (χ1) is 7.88. The largest absolute Gasteiger partial charge is 0.271 e. The number of aliphatic imine (C=N–C) groups is 1. The molecule has 4 nitrogen and oxygen atoms in total. The van der Waals surface area contributed by atoms with Crippen molar-refractivity contribution < 1.29 is 4.92 Å². The van der Waals surface area contributed by atoms with E-state index in [4.69, 9.17) is 34.8 Å². The molecular formula is C8H3Cl3N2O2S2. The molecule has 0 aliphatic rings. The van der Waals surface area contributed by atoms with Crippen LogP contribution < -0.4 is 0 Å². The van der Waals surface area contributed by atoms with E-state index in [-0.39, 0.29) is 14.5 Å². The maximum atomic E-state index is 10.3. The molecule has 90 valence electrons. The number of isothiocyanates is 1. The summed E-state index contributed by atoms with van der Waals surface area (Å²) in [5, 5.41) is 12.6. The fourth-order valence-electron chi connectivity index (χ4n) is 0.749. The first kappa shape index (κ1) is 16.4. The minimum absolute atomic E-state index is 0.0556. The Morgan fingerprint density at radius 3 is 2.35 bits per heavy atom. The Morgan fingerprint density at radius 2 is 2.00 bits per heavy atom. The summed E-state index contributed by atoms with van der Waals surface area (Å²) < 4.78 is -0.0556. The lowest BCUT2D eigenvalue weighted by atomic mass is 10.3. The molecule has 9 heteroatoms. The quantitative estimate of drug-likeness (QED) is 0.259. The standard InChI is InChI=1S/C7H3ClN2O2S.CCl2S/c8-6-3-5(10(11)12)1-2-7(6)9-4-13;2-1(3)4/h1-3H;. The first-order valence-electron chi connectivity index (χ1n) is 3.75. The van der Waals surface area contributed by atoms with Crippen molar-refractivity contribution >= 4 is 79.6 Å². The van der Waals surface area contributed by atoms with E-state index < -0.39 is 4.92 Å². The fourth-order valence-corrected chi connectivity index (χ4v) is 1.06. The number of hydrogen-bond acceptors (Lipinski definition) is 5. The van der Waals surface area contributed by atoms with Gasteiger partial charge in [-0.2, -0.15) is 4.99 Å². The van der Waals surface area contributed by atoms with Crippen molar-refractivity contribution in [2.75, 3.05) is 0 Å². The number of halogens is 3. The van der Waals surface area contributed by atoms with Gasteiger partial charge in [0, 0.05) is 12.1 Å². The van der Waals surface area contributed by atoms with Gasteiger partial charge in [-0.05, 0) is 18.3 Å². The van der Waals surface area contributed by atoms with Gasteiger partial charge in [-0.15, -0.1) is 0 Å². The number of nitrogens with zero attached hydrogens (tertiary/aromatic N) is 2. The van der Waals surface area contributed by atoms with Crippen LogP contribution in [-0.2, 0) is 0 Å². The molecule has 0 radical (unpaired) electrons. The van der Waals surface area contributed by atoms with Crippen LogP contribution in [0.4, 0.5) is 11.4 Å². The Hall–Kier alpha value is -0.620. The van der Waals surface area contributed by atoms with Crippen LogP contribution in [-0.4, -0.2) is 13.9 Å². The zero-order chi connectivity index (χ0) is 13.4. The van der Waals surface area contributed by atoms with Gasteiger partial charge in [0.15, 0.2) is 3.78 Å². The fraction of sp³-hybridized carbons (Fsp3) is 0. The van der Waals surface area contributed by atoms with Crippen LogP contribution in [0.25, 0.3) is 0 Å². The third-order valence-corrected chi connectivity index (χ3v) is 1.70. The number of hydrogen-bond donors (Lipinski definition) is 0. The van der Waals surface area contributed by atoms with Gasteiger partial charge in [0.2, 0.25) is 0 Å². The Bertz CT molecular complexity index is 486. The lowest BCUT2D eigenvalue weighted by molar-refractivity contribution is -0.384. The van der Waals surface area contributed by atoms with Crippen molar-refractivity contribution in [1.29, 1.82) is 0 Å². The van der Waals surface area contributed by atoms with E-state index in [1.807, 2.05) is 0 Å². The molecule has 1 rings (SSSR count). The normalized spacial score (nSPS) is 8.41. The maximum Gasteiger partial charge on any atom is 0.271 e. The van der Waals surface area contributed by atoms with Crippen LogP contribution in [0.15, 0.2) is 23.2 Å². The summed E-state index contributed by atoms with van der Waals surface area (Å²) in [7, 11) is 0. The summed E-state index contributed by atoms with van der Waals surface area (Å²) in [6.07, 6.45) is 0. The van der Waals surface area contributed by atoms with Gasteiger partial charge in [-0.3, -0.25) is 10.1 Å². The number of thiocarbonyl (C=S) groups is 2. The molecule has 1 aromatic rings. The maximum absolute atomic E-state index is 10.3. The summed E-state index contributed by atoms with van der Waals surface area (Å²) in [5.74, 6) is 0. The Morgan fingerprint density at radius 1 is 1.47 bits per heavy atom. The van der Waals surface area contributed by atoms with E-state index in [0.717, 1.165) is 0 Å². The molecule has 0 N–H and O–H groups in total. The Kier molecular flexibility index (Phi) is 8.16. The molecule has 1 aromatic carbocycles. The summed E-state index contributed by atoms with van der Waals surface area (Å²) in [5.41, 5.74) is 0.301. The molecule has 0 aliphatic heterocycles. The topological polar surface area (TPSA) is 55.5 Å². The highest BCUT2D eigenvalue weighted by Crippen LogP contribution is 2.28. The molecule has 17 heavy (non-hydrogen) atoms. The molecule has 0 spiro atoms. The molecule has 0 amide bonds. The highest BCUT2D eigenvalue weighted by atomic mass is 35.5. The van der Waals surface area contributed by atoms with Gasteiger partial charge in [0.1, 0.15) is 0 Å². The zero-order valence-electron chi connectivity index (χ0n) is 7.89. The smallest absolute Gasteiger partial charge is 0.258 e.